The first kappa shape index (κ1) is 16.0. The molecule has 1 aliphatic carbocycles. The highest BCUT2D eigenvalue weighted by molar-refractivity contribution is 4.79. The highest BCUT2D eigenvalue weighted by Crippen LogP contribution is 2.29. The van der Waals surface area contributed by atoms with Crippen molar-refractivity contribution in [2.45, 2.75) is 71.9 Å². The van der Waals surface area contributed by atoms with Crippen molar-refractivity contribution >= 4 is 0 Å². The molecular weight excluding hydrogens is 220 g/mol. The van der Waals surface area contributed by atoms with Crippen LogP contribution in [0.3, 0.4) is 0 Å². The highest BCUT2D eigenvalue weighted by atomic mass is 15.1. The van der Waals surface area contributed by atoms with Gasteiger partial charge in [-0.1, -0.05) is 26.7 Å². The van der Waals surface area contributed by atoms with Crippen LogP contribution in [0.15, 0.2) is 0 Å². The van der Waals surface area contributed by atoms with Gasteiger partial charge in [-0.2, -0.15) is 0 Å². The van der Waals surface area contributed by atoms with Crippen LogP contribution in [-0.2, 0) is 0 Å². The number of nitrogens with zero attached hydrogens (tertiary/aromatic N) is 1. The number of rotatable bonds is 7. The van der Waals surface area contributed by atoms with Gasteiger partial charge in [0.15, 0.2) is 0 Å². The zero-order valence-corrected chi connectivity index (χ0v) is 13.2. The monoisotopic (exact) mass is 254 g/mol. The lowest BCUT2D eigenvalue weighted by Crippen LogP contribution is -2.37. The molecule has 0 aromatic heterocycles. The fraction of sp³-hybridized carbons (Fsp3) is 1.00. The molecule has 0 aromatic rings. The summed E-state index contributed by atoms with van der Waals surface area (Å²) < 4.78 is 0. The van der Waals surface area contributed by atoms with Gasteiger partial charge < -0.3 is 10.2 Å². The minimum atomic E-state index is 0.671. The average molecular weight is 254 g/mol. The summed E-state index contributed by atoms with van der Waals surface area (Å²) in [4.78, 5) is 2.43. The maximum absolute atomic E-state index is 3.77. The van der Waals surface area contributed by atoms with Gasteiger partial charge in [0, 0.05) is 12.1 Å². The van der Waals surface area contributed by atoms with E-state index >= 15 is 0 Å². The zero-order chi connectivity index (χ0) is 13.5. The molecular formula is C16H34N2. The molecule has 2 heteroatoms. The van der Waals surface area contributed by atoms with Crippen molar-refractivity contribution in [1.29, 1.82) is 0 Å². The lowest BCUT2D eigenvalue weighted by atomic mass is 9.79. The van der Waals surface area contributed by atoms with E-state index < -0.39 is 0 Å². The standard InChI is InChI=1S/C16H34N2/c1-13(2)15-8-6-9-16(12-15)17-10-7-11-18(5)14(3)4/h13-17H,6-12H2,1-5H3. The van der Waals surface area contributed by atoms with E-state index in [0.717, 1.165) is 17.9 Å². The predicted molar refractivity (Wildman–Crippen MR) is 81.0 cm³/mol. The molecule has 0 radical (unpaired) electrons. The van der Waals surface area contributed by atoms with Crippen molar-refractivity contribution in [3.63, 3.8) is 0 Å². The quantitative estimate of drug-likeness (QED) is 0.699. The van der Waals surface area contributed by atoms with E-state index in [1.165, 1.54) is 45.2 Å². The van der Waals surface area contributed by atoms with Crippen LogP contribution in [-0.4, -0.2) is 37.1 Å². The Hall–Kier alpha value is -0.0800. The van der Waals surface area contributed by atoms with Crippen LogP contribution < -0.4 is 5.32 Å². The molecule has 1 N–H and O–H groups in total. The molecule has 0 aromatic carbocycles. The smallest absolute Gasteiger partial charge is 0.00698 e. The first-order valence-electron chi connectivity index (χ1n) is 7.94. The summed E-state index contributed by atoms with van der Waals surface area (Å²) in [6.45, 7) is 11.7. The van der Waals surface area contributed by atoms with Crippen LogP contribution in [0.25, 0.3) is 0 Å². The molecule has 0 amide bonds. The Kier molecular flexibility index (Phi) is 7.25. The first-order chi connectivity index (χ1) is 8.50. The minimum Gasteiger partial charge on any atom is -0.314 e. The molecule has 1 rings (SSSR count). The Morgan fingerprint density at radius 3 is 2.50 bits per heavy atom. The highest BCUT2D eigenvalue weighted by Gasteiger charge is 2.23. The second-order valence-corrected chi connectivity index (χ2v) is 6.75. The summed E-state index contributed by atoms with van der Waals surface area (Å²) in [7, 11) is 2.22. The van der Waals surface area contributed by atoms with Gasteiger partial charge in [-0.05, 0) is 65.1 Å². The van der Waals surface area contributed by atoms with Crippen LogP contribution in [0.4, 0.5) is 0 Å². The molecule has 0 spiro atoms. The minimum absolute atomic E-state index is 0.671. The number of nitrogens with one attached hydrogen (secondary N) is 1. The Morgan fingerprint density at radius 2 is 1.89 bits per heavy atom. The molecule has 1 saturated carbocycles. The molecule has 1 fully saturated rings. The van der Waals surface area contributed by atoms with Gasteiger partial charge in [0.25, 0.3) is 0 Å². The van der Waals surface area contributed by atoms with Gasteiger partial charge in [0.05, 0.1) is 0 Å². The lowest BCUT2D eigenvalue weighted by molar-refractivity contribution is 0.225. The second-order valence-electron chi connectivity index (χ2n) is 6.75. The van der Waals surface area contributed by atoms with Crippen LogP contribution in [0.1, 0.15) is 59.8 Å². The van der Waals surface area contributed by atoms with E-state index in [1.54, 1.807) is 0 Å². The Labute approximate surface area is 115 Å². The van der Waals surface area contributed by atoms with E-state index in [1.807, 2.05) is 0 Å². The number of hydrogen-bond acceptors (Lipinski definition) is 2. The molecule has 2 nitrogen and oxygen atoms in total. The van der Waals surface area contributed by atoms with E-state index in [2.05, 4.69) is 45.0 Å². The SMILES string of the molecule is CC(C)C1CCCC(NCCCN(C)C(C)C)C1. The normalized spacial score (nSPS) is 25.3. The summed E-state index contributed by atoms with van der Waals surface area (Å²) >= 11 is 0. The van der Waals surface area contributed by atoms with E-state index in [-0.39, 0.29) is 0 Å². The Morgan fingerprint density at radius 1 is 1.17 bits per heavy atom. The molecule has 1 aliphatic rings. The van der Waals surface area contributed by atoms with Crippen LogP contribution >= 0.6 is 0 Å². The fourth-order valence-electron chi connectivity index (χ4n) is 2.91. The third kappa shape index (κ3) is 5.71. The van der Waals surface area contributed by atoms with Gasteiger partial charge in [-0.3, -0.25) is 0 Å². The molecule has 2 atom stereocenters. The van der Waals surface area contributed by atoms with Crippen molar-refractivity contribution in [2.24, 2.45) is 11.8 Å². The van der Waals surface area contributed by atoms with Gasteiger partial charge in [0.1, 0.15) is 0 Å². The van der Waals surface area contributed by atoms with Crippen molar-refractivity contribution in [1.82, 2.24) is 10.2 Å². The van der Waals surface area contributed by atoms with Crippen molar-refractivity contribution < 1.29 is 0 Å². The summed E-state index contributed by atoms with van der Waals surface area (Å²) in [5.41, 5.74) is 0. The van der Waals surface area contributed by atoms with Crippen molar-refractivity contribution in [2.75, 3.05) is 20.1 Å². The third-order valence-electron chi connectivity index (χ3n) is 4.66. The Bertz CT molecular complexity index is 213. The molecule has 0 saturated heterocycles. The molecule has 0 aliphatic heterocycles. The topological polar surface area (TPSA) is 15.3 Å². The average Bonchev–Trinajstić information content (AvgIpc) is 2.34. The first-order valence-corrected chi connectivity index (χ1v) is 7.94. The molecule has 0 heterocycles. The van der Waals surface area contributed by atoms with E-state index in [9.17, 15) is 0 Å². The molecule has 18 heavy (non-hydrogen) atoms. The summed E-state index contributed by atoms with van der Waals surface area (Å²) in [6, 6.07) is 1.46. The molecule has 108 valence electrons. The molecule has 2 unspecified atom stereocenters. The van der Waals surface area contributed by atoms with E-state index in [0.29, 0.717) is 6.04 Å². The maximum Gasteiger partial charge on any atom is 0.00698 e. The lowest BCUT2D eigenvalue weighted by Gasteiger charge is -2.32. The van der Waals surface area contributed by atoms with Gasteiger partial charge in [0.2, 0.25) is 0 Å². The van der Waals surface area contributed by atoms with Gasteiger partial charge >= 0.3 is 0 Å². The summed E-state index contributed by atoms with van der Waals surface area (Å²) in [5, 5.41) is 3.77. The largest absolute Gasteiger partial charge is 0.314 e. The van der Waals surface area contributed by atoms with Crippen LogP contribution in [0.5, 0.6) is 0 Å². The second kappa shape index (κ2) is 8.16. The molecule has 0 bridgehead atoms. The van der Waals surface area contributed by atoms with E-state index in [4.69, 9.17) is 0 Å². The summed E-state index contributed by atoms with van der Waals surface area (Å²) in [5.74, 6) is 1.82. The van der Waals surface area contributed by atoms with Gasteiger partial charge in [-0.25, -0.2) is 0 Å². The zero-order valence-electron chi connectivity index (χ0n) is 13.2. The predicted octanol–water partition coefficient (Wildman–Crippen LogP) is 3.52. The van der Waals surface area contributed by atoms with Gasteiger partial charge in [-0.15, -0.1) is 0 Å². The van der Waals surface area contributed by atoms with Crippen molar-refractivity contribution in [3.8, 4) is 0 Å². The maximum atomic E-state index is 3.77. The van der Waals surface area contributed by atoms with Crippen molar-refractivity contribution in [3.05, 3.63) is 0 Å². The number of hydrogen-bond donors (Lipinski definition) is 1. The fourth-order valence-corrected chi connectivity index (χ4v) is 2.91. The van der Waals surface area contributed by atoms with Crippen LogP contribution in [0, 0.1) is 11.8 Å². The summed E-state index contributed by atoms with van der Waals surface area (Å²) in [6.07, 6.45) is 6.94. The van der Waals surface area contributed by atoms with Crippen LogP contribution in [0.2, 0.25) is 0 Å². The Balaban J connectivity index is 2.12. The third-order valence-corrected chi connectivity index (χ3v) is 4.66.